The summed E-state index contributed by atoms with van der Waals surface area (Å²) in [6, 6.07) is 7.51. The molecule has 0 aliphatic rings. The Morgan fingerprint density at radius 3 is 2.38 bits per heavy atom. The number of sulfonamides is 1. The first kappa shape index (κ1) is 22.6. The molecule has 1 aromatic rings. The normalized spacial score (nSPS) is 12.8. The fourth-order valence-corrected chi connectivity index (χ4v) is 3.50. The molecule has 0 unspecified atom stereocenters. The Hall–Kier alpha value is -1.46. The van der Waals surface area contributed by atoms with E-state index >= 15 is 0 Å². The minimum Gasteiger partial charge on any atom is -0.402 e. The smallest absolute Gasteiger partial charge is 0.402 e. The van der Waals surface area contributed by atoms with Crippen molar-refractivity contribution in [2.45, 2.75) is 39.8 Å². The lowest BCUT2D eigenvalue weighted by atomic mass is 10.1. The average molecular weight is 386 g/mol. The van der Waals surface area contributed by atoms with Crippen molar-refractivity contribution < 1.29 is 27.9 Å². The van der Waals surface area contributed by atoms with Crippen LogP contribution in [0.25, 0.3) is 0 Å². The molecule has 146 valence electrons. The van der Waals surface area contributed by atoms with Gasteiger partial charge in [0, 0.05) is 25.9 Å². The van der Waals surface area contributed by atoms with Crippen LogP contribution in [0.4, 0.5) is 0 Å². The van der Waals surface area contributed by atoms with E-state index in [1.165, 1.54) is 4.31 Å². The molecule has 0 heterocycles. The topological polar surface area (TPSA) is 116 Å². The van der Waals surface area contributed by atoms with Crippen LogP contribution in [0.15, 0.2) is 24.3 Å². The summed E-state index contributed by atoms with van der Waals surface area (Å²) < 4.78 is 29.9. The summed E-state index contributed by atoms with van der Waals surface area (Å²) in [6.45, 7) is 5.53. The van der Waals surface area contributed by atoms with Crippen molar-refractivity contribution in [2.75, 3.05) is 18.8 Å². The van der Waals surface area contributed by atoms with Gasteiger partial charge < -0.3 is 20.0 Å². The Labute approximate surface area is 155 Å². The summed E-state index contributed by atoms with van der Waals surface area (Å²) in [6.07, 6.45) is -0.750. The van der Waals surface area contributed by atoms with Crippen LogP contribution >= 0.6 is 0 Å². The van der Waals surface area contributed by atoms with Gasteiger partial charge in [0.15, 0.2) is 0 Å². The largest absolute Gasteiger partial charge is 0.635 e. The highest BCUT2D eigenvalue weighted by molar-refractivity contribution is 7.89. The lowest BCUT2D eigenvalue weighted by Gasteiger charge is -2.22. The van der Waals surface area contributed by atoms with E-state index in [0.29, 0.717) is 0 Å². The molecule has 1 atom stereocenters. The minimum atomic E-state index is -3.36. The number of benzene rings is 1. The standard InChI is InChI=1S/C16H27BN2O6S/c1-4-19(26(23,24)5-2)11-10-15(20)18-16(25-17(21)22)12-14-8-6-13(3)7-9-14/h6-9,16,21-22H,4-5,10-12H2,1-3H3,(H,18,20)/t16-/m1/s1. The number of amides is 1. The monoisotopic (exact) mass is 386 g/mol. The van der Waals surface area contributed by atoms with Gasteiger partial charge in [-0.3, -0.25) is 4.79 Å². The lowest BCUT2D eigenvalue weighted by Crippen LogP contribution is -2.43. The minimum absolute atomic E-state index is 0.0294. The first-order chi connectivity index (χ1) is 12.2. The maximum Gasteiger partial charge on any atom is 0.635 e. The summed E-state index contributed by atoms with van der Waals surface area (Å²) in [5, 5.41) is 20.7. The van der Waals surface area contributed by atoms with Gasteiger partial charge in [-0.05, 0) is 19.4 Å². The van der Waals surface area contributed by atoms with E-state index in [-0.39, 0.29) is 31.7 Å². The molecule has 8 nitrogen and oxygen atoms in total. The maximum atomic E-state index is 12.1. The van der Waals surface area contributed by atoms with Gasteiger partial charge in [0.2, 0.25) is 15.9 Å². The second-order valence-corrected chi connectivity index (χ2v) is 8.11. The van der Waals surface area contributed by atoms with Gasteiger partial charge in [0.1, 0.15) is 6.23 Å². The predicted molar refractivity (Wildman–Crippen MR) is 99.4 cm³/mol. The Kier molecular flexibility index (Phi) is 9.24. The number of hydrogen-bond acceptors (Lipinski definition) is 6. The first-order valence-electron chi connectivity index (χ1n) is 8.52. The Morgan fingerprint density at radius 2 is 1.88 bits per heavy atom. The van der Waals surface area contributed by atoms with Crippen LogP contribution in [0.1, 0.15) is 31.4 Å². The zero-order valence-electron chi connectivity index (χ0n) is 15.4. The quantitative estimate of drug-likeness (QED) is 0.365. The van der Waals surface area contributed by atoms with Gasteiger partial charge >= 0.3 is 7.32 Å². The number of nitrogens with zero attached hydrogens (tertiary/aromatic N) is 1. The van der Waals surface area contributed by atoms with Crippen LogP contribution in [-0.2, 0) is 25.9 Å². The molecule has 0 bridgehead atoms. The van der Waals surface area contributed by atoms with Crippen molar-refractivity contribution in [1.29, 1.82) is 0 Å². The van der Waals surface area contributed by atoms with Gasteiger partial charge in [0.25, 0.3) is 0 Å². The van der Waals surface area contributed by atoms with Crippen molar-refractivity contribution >= 4 is 23.3 Å². The summed E-state index contributed by atoms with van der Waals surface area (Å²) in [5.74, 6) is -0.467. The molecule has 0 radical (unpaired) electrons. The molecule has 0 aromatic heterocycles. The molecule has 0 saturated heterocycles. The molecule has 10 heteroatoms. The molecule has 1 amide bonds. The van der Waals surface area contributed by atoms with Crippen LogP contribution in [0.2, 0.25) is 0 Å². The molecular formula is C16H27BN2O6S. The lowest BCUT2D eigenvalue weighted by molar-refractivity contribution is -0.124. The van der Waals surface area contributed by atoms with E-state index in [0.717, 1.165) is 11.1 Å². The molecule has 3 N–H and O–H groups in total. The van der Waals surface area contributed by atoms with Crippen LogP contribution in [-0.4, -0.2) is 61.1 Å². The van der Waals surface area contributed by atoms with Crippen LogP contribution in [0, 0.1) is 6.92 Å². The van der Waals surface area contributed by atoms with Crippen molar-refractivity contribution in [3.8, 4) is 0 Å². The number of carbonyl (C=O) groups is 1. The second kappa shape index (κ2) is 10.6. The highest BCUT2D eigenvalue weighted by Crippen LogP contribution is 2.08. The zero-order valence-corrected chi connectivity index (χ0v) is 16.2. The summed E-state index contributed by atoms with van der Waals surface area (Å²) >= 11 is 0. The van der Waals surface area contributed by atoms with Crippen molar-refractivity contribution in [3.63, 3.8) is 0 Å². The van der Waals surface area contributed by atoms with Crippen LogP contribution in [0.3, 0.4) is 0 Å². The van der Waals surface area contributed by atoms with E-state index in [2.05, 4.69) is 5.32 Å². The highest BCUT2D eigenvalue weighted by Gasteiger charge is 2.22. The summed E-state index contributed by atoms with van der Waals surface area (Å²) in [5.41, 5.74) is 1.93. The van der Waals surface area contributed by atoms with E-state index in [9.17, 15) is 13.2 Å². The molecular weight excluding hydrogens is 359 g/mol. The third kappa shape index (κ3) is 7.84. The van der Waals surface area contributed by atoms with Crippen molar-refractivity contribution in [2.24, 2.45) is 0 Å². The Balaban J connectivity index is 2.66. The van der Waals surface area contributed by atoms with Crippen molar-refractivity contribution in [3.05, 3.63) is 35.4 Å². The number of rotatable bonds is 11. The Morgan fingerprint density at radius 1 is 1.27 bits per heavy atom. The second-order valence-electron chi connectivity index (χ2n) is 5.85. The van der Waals surface area contributed by atoms with E-state index in [1.807, 2.05) is 31.2 Å². The number of carbonyl (C=O) groups excluding carboxylic acids is 1. The molecule has 0 aliphatic carbocycles. The molecule has 0 aliphatic heterocycles. The fraction of sp³-hybridized carbons (Fsp3) is 0.562. The fourth-order valence-electron chi connectivity index (χ4n) is 2.37. The molecule has 1 aromatic carbocycles. The number of hydrogen-bond donors (Lipinski definition) is 3. The Bertz CT molecular complexity index is 666. The maximum absolute atomic E-state index is 12.1. The SMILES string of the molecule is CCN(CCC(=O)N[C@@H](Cc1ccc(C)cc1)OB(O)O)S(=O)(=O)CC. The van der Waals surface area contributed by atoms with E-state index in [1.54, 1.807) is 13.8 Å². The van der Waals surface area contributed by atoms with Gasteiger partial charge in [-0.15, -0.1) is 0 Å². The first-order valence-corrected chi connectivity index (χ1v) is 10.1. The molecule has 1 rings (SSSR count). The molecule has 0 spiro atoms. The number of aryl methyl sites for hydroxylation is 1. The molecule has 26 heavy (non-hydrogen) atoms. The van der Waals surface area contributed by atoms with Gasteiger partial charge in [0.05, 0.1) is 5.75 Å². The molecule has 0 saturated carbocycles. The van der Waals surface area contributed by atoms with E-state index < -0.39 is 29.5 Å². The zero-order chi connectivity index (χ0) is 19.7. The summed E-state index contributed by atoms with van der Waals surface area (Å²) in [4.78, 5) is 12.1. The third-order valence-corrected chi connectivity index (χ3v) is 5.81. The average Bonchev–Trinajstić information content (AvgIpc) is 2.56. The van der Waals surface area contributed by atoms with E-state index in [4.69, 9.17) is 14.7 Å². The van der Waals surface area contributed by atoms with Gasteiger partial charge in [-0.25, -0.2) is 12.7 Å². The van der Waals surface area contributed by atoms with Crippen LogP contribution < -0.4 is 5.32 Å². The van der Waals surface area contributed by atoms with Gasteiger partial charge in [-0.2, -0.15) is 0 Å². The summed E-state index contributed by atoms with van der Waals surface area (Å²) in [7, 11) is -5.39. The predicted octanol–water partition coefficient (Wildman–Crippen LogP) is 0.0276. The van der Waals surface area contributed by atoms with Gasteiger partial charge in [-0.1, -0.05) is 36.8 Å². The molecule has 0 fully saturated rings. The highest BCUT2D eigenvalue weighted by atomic mass is 32.2. The van der Waals surface area contributed by atoms with Crippen molar-refractivity contribution in [1.82, 2.24) is 9.62 Å². The van der Waals surface area contributed by atoms with Crippen LogP contribution in [0.5, 0.6) is 0 Å². The number of nitrogens with one attached hydrogen (secondary N) is 1. The third-order valence-electron chi connectivity index (χ3n) is 3.85.